The van der Waals surface area contributed by atoms with E-state index in [4.69, 9.17) is 11.6 Å². The van der Waals surface area contributed by atoms with Crippen LogP contribution in [0.1, 0.15) is 15.9 Å². The fourth-order valence-corrected chi connectivity index (χ4v) is 4.10. The van der Waals surface area contributed by atoms with Crippen molar-refractivity contribution in [2.75, 3.05) is 44.2 Å². The summed E-state index contributed by atoms with van der Waals surface area (Å²) < 4.78 is 0. The highest BCUT2D eigenvalue weighted by Crippen LogP contribution is 2.20. The second-order valence-corrected chi connectivity index (χ2v) is 8.93. The maximum absolute atomic E-state index is 13.0. The Balaban J connectivity index is 1.33. The molecule has 1 fully saturated rings. The molecule has 0 spiro atoms. The Morgan fingerprint density at radius 3 is 2.26 bits per heavy atom. The minimum absolute atomic E-state index is 0.00146. The molecule has 0 unspecified atom stereocenters. The van der Waals surface area contributed by atoms with Gasteiger partial charge < -0.3 is 14.7 Å². The van der Waals surface area contributed by atoms with Crippen LogP contribution in [0.15, 0.2) is 73.3 Å². The van der Waals surface area contributed by atoms with Crippen LogP contribution in [-0.4, -0.2) is 71.1 Å². The number of amides is 2. The Morgan fingerprint density at radius 2 is 1.66 bits per heavy atom. The number of benzene rings is 2. The lowest BCUT2D eigenvalue weighted by Crippen LogP contribution is -2.52. The van der Waals surface area contributed by atoms with Crippen molar-refractivity contribution in [2.24, 2.45) is 0 Å². The lowest BCUT2D eigenvalue weighted by molar-refractivity contribution is -0.132. The Morgan fingerprint density at radius 1 is 0.971 bits per heavy atom. The van der Waals surface area contributed by atoms with Gasteiger partial charge in [0.2, 0.25) is 5.91 Å². The van der Waals surface area contributed by atoms with E-state index in [1.54, 1.807) is 35.2 Å². The molecule has 4 rings (SSSR count). The third kappa shape index (κ3) is 6.05. The largest absolute Gasteiger partial charge is 0.352 e. The SMILES string of the molecule is C=CCN(CC(=O)N1CCN(c2ccc(-c3ccc(C)cc3)nn2)CC1)C(=O)c1ccc(Cl)cc1. The summed E-state index contributed by atoms with van der Waals surface area (Å²) >= 11 is 5.93. The Labute approximate surface area is 210 Å². The van der Waals surface area contributed by atoms with Gasteiger partial charge in [-0.05, 0) is 43.3 Å². The molecule has 2 heterocycles. The number of hydrogen-bond acceptors (Lipinski definition) is 5. The normalized spacial score (nSPS) is 13.4. The first-order chi connectivity index (χ1) is 16.9. The zero-order valence-electron chi connectivity index (χ0n) is 19.7. The van der Waals surface area contributed by atoms with E-state index < -0.39 is 0 Å². The minimum atomic E-state index is -0.225. The van der Waals surface area contributed by atoms with Crippen molar-refractivity contribution >= 4 is 29.2 Å². The van der Waals surface area contributed by atoms with Gasteiger partial charge >= 0.3 is 0 Å². The van der Waals surface area contributed by atoms with E-state index in [1.807, 2.05) is 24.3 Å². The van der Waals surface area contributed by atoms with E-state index in [9.17, 15) is 9.59 Å². The molecule has 0 atom stereocenters. The predicted octanol–water partition coefficient (Wildman–Crippen LogP) is 4.08. The van der Waals surface area contributed by atoms with Gasteiger partial charge in [0.25, 0.3) is 5.91 Å². The van der Waals surface area contributed by atoms with Crippen LogP contribution in [-0.2, 0) is 4.79 Å². The number of hydrogen-bond donors (Lipinski definition) is 0. The number of anilines is 1. The zero-order valence-corrected chi connectivity index (χ0v) is 20.5. The number of halogens is 1. The number of carbonyl (C=O) groups excluding carboxylic acids is 2. The molecule has 1 aromatic heterocycles. The van der Waals surface area contributed by atoms with Crippen molar-refractivity contribution in [1.82, 2.24) is 20.0 Å². The Bertz CT molecular complexity index is 1170. The number of aryl methyl sites for hydroxylation is 1. The van der Waals surface area contributed by atoms with Gasteiger partial charge in [-0.25, -0.2) is 0 Å². The highest BCUT2D eigenvalue weighted by Gasteiger charge is 2.25. The first-order valence-electron chi connectivity index (χ1n) is 11.5. The van der Waals surface area contributed by atoms with Crippen molar-refractivity contribution in [3.63, 3.8) is 0 Å². The molecule has 0 radical (unpaired) electrons. The lowest BCUT2D eigenvalue weighted by atomic mass is 10.1. The number of carbonyl (C=O) groups is 2. The second kappa shape index (κ2) is 11.1. The van der Waals surface area contributed by atoms with Crippen LogP contribution >= 0.6 is 11.6 Å². The Hall–Kier alpha value is -3.71. The van der Waals surface area contributed by atoms with Gasteiger partial charge in [-0.1, -0.05) is 47.5 Å². The van der Waals surface area contributed by atoms with E-state index in [0.29, 0.717) is 36.8 Å². The summed E-state index contributed by atoms with van der Waals surface area (Å²) in [6.07, 6.45) is 1.62. The molecular weight excluding hydrogens is 462 g/mol. The summed E-state index contributed by atoms with van der Waals surface area (Å²) in [6, 6.07) is 18.8. The molecule has 2 aromatic carbocycles. The van der Waals surface area contributed by atoms with E-state index >= 15 is 0 Å². The van der Waals surface area contributed by atoms with E-state index in [-0.39, 0.29) is 24.9 Å². The van der Waals surface area contributed by atoms with Gasteiger partial charge in [0.1, 0.15) is 6.54 Å². The minimum Gasteiger partial charge on any atom is -0.352 e. The van der Waals surface area contributed by atoms with Crippen LogP contribution in [0.25, 0.3) is 11.3 Å². The molecule has 0 bridgehead atoms. The van der Waals surface area contributed by atoms with Gasteiger partial charge in [0, 0.05) is 48.9 Å². The molecule has 3 aromatic rings. The summed E-state index contributed by atoms with van der Waals surface area (Å²) in [7, 11) is 0. The molecule has 1 aliphatic rings. The molecule has 180 valence electrons. The topological polar surface area (TPSA) is 69.6 Å². The second-order valence-electron chi connectivity index (χ2n) is 8.49. The van der Waals surface area contributed by atoms with E-state index in [2.05, 4.69) is 40.7 Å². The van der Waals surface area contributed by atoms with Gasteiger partial charge in [-0.2, -0.15) is 0 Å². The molecule has 1 saturated heterocycles. The first kappa shape index (κ1) is 24.4. The summed E-state index contributed by atoms with van der Waals surface area (Å²) in [5.74, 6) is 0.478. The van der Waals surface area contributed by atoms with Crippen LogP contribution in [0.3, 0.4) is 0 Å². The molecule has 7 nitrogen and oxygen atoms in total. The van der Waals surface area contributed by atoms with Crippen molar-refractivity contribution in [3.05, 3.63) is 89.5 Å². The van der Waals surface area contributed by atoms with Crippen LogP contribution in [0.2, 0.25) is 5.02 Å². The molecule has 0 saturated carbocycles. The molecular formula is C27H28ClN5O2. The number of rotatable bonds is 7. The van der Waals surface area contributed by atoms with Crippen molar-refractivity contribution in [3.8, 4) is 11.3 Å². The van der Waals surface area contributed by atoms with Crippen LogP contribution in [0.4, 0.5) is 5.82 Å². The maximum atomic E-state index is 13.0. The monoisotopic (exact) mass is 489 g/mol. The molecule has 0 aliphatic carbocycles. The quantitative estimate of drug-likeness (QED) is 0.468. The summed E-state index contributed by atoms with van der Waals surface area (Å²) in [5.41, 5.74) is 3.55. The number of aromatic nitrogens is 2. The van der Waals surface area contributed by atoms with Crippen LogP contribution in [0, 0.1) is 6.92 Å². The summed E-state index contributed by atoms with van der Waals surface area (Å²) in [5, 5.41) is 9.35. The van der Waals surface area contributed by atoms with Crippen molar-refractivity contribution in [1.29, 1.82) is 0 Å². The first-order valence-corrected chi connectivity index (χ1v) is 11.9. The maximum Gasteiger partial charge on any atom is 0.254 e. The van der Waals surface area contributed by atoms with E-state index in [1.165, 1.54) is 10.5 Å². The van der Waals surface area contributed by atoms with E-state index in [0.717, 1.165) is 17.1 Å². The van der Waals surface area contributed by atoms with Gasteiger partial charge in [0.05, 0.1) is 5.69 Å². The predicted molar refractivity (Wildman–Crippen MR) is 139 cm³/mol. The van der Waals surface area contributed by atoms with Gasteiger partial charge in [0.15, 0.2) is 5.82 Å². The fraction of sp³-hybridized carbons (Fsp3) is 0.259. The average Bonchev–Trinajstić information content (AvgIpc) is 2.89. The highest BCUT2D eigenvalue weighted by molar-refractivity contribution is 6.30. The molecule has 2 amide bonds. The fourth-order valence-electron chi connectivity index (χ4n) is 3.97. The molecule has 35 heavy (non-hydrogen) atoms. The molecule has 0 N–H and O–H groups in total. The summed E-state index contributed by atoms with van der Waals surface area (Å²) in [6.45, 7) is 8.47. The third-order valence-electron chi connectivity index (χ3n) is 6.01. The smallest absolute Gasteiger partial charge is 0.254 e. The Kier molecular flexibility index (Phi) is 7.77. The number of nitrogens with zero attached hydrogens (tertiary/aromatic N) is 5. The molecule has 8 heteroatoms. The van der Waals surface area contributed by atoms with Crippen molar-refractivity contribution in [2.45, 2.75) is 6.92 Å². The van der Waals surface area contributed by atoms with Crippen LogP contribution < -0.4 is 4.90 Å². The number of piperazine rings is 1. The third-order valence-corrected chi connectivity index (χ3v) is 6.26. The van der Waals surface area contributed by atoms with Crippen molar-refractivity contribution < 1.29 is 9.59 Å². The lowest BCUT2D eigenvalue weighted by Gasteiger charge is -2.36. The van der Waals surface area contributed by atoms with Gasteiger partial charge in [-0.15, -0.1) is 16.8 Å². The zero-order chi connectivity index (χ0) is 24.8. The standard InChI is InChI=1S/C27H28ClN5O2/c1-3-14-33(27(35)22-8-10-23(28)11-9-22)19-26(34)32-17-15-31(16-18-32)25-13-12-24(29-30-25)21-6-4-20(2)5-7-21/h3-13H,1,14-19H2,2H3. The highest BCUT2D eigenvalue weighted by atomic mass is 35.5. The summed E-state index contributed by atoms with van der Waals surface area (Å²) in [4.78, 5) is 31.3. The average molecular weight is 490 g/mol. The molecule has 1 aliphatic heterocycles. The van der Waals surface area contributed by atoms with Crippen LogP contribution in [0.5, 0.6) is 0 Å². The van der Waals surface area contributed by atoms with Gasteiger partial charge in [-0.3, -0.25) is 9.59 Å².